The van der Waals surface area contributed by atoms with Gasteiger partial charge in [-0.2, -0.15) is 0 Å². The summed E-state index contributed by atoms with van der Waals surface area (Å²) in [5, 5.41) is 2.71. The van der Waals surface area contributed by atoms with Crippen molar-refractivity contribution in [1.82, 2.24) is 0 Å². The number of primary amides is 1. The van der Waals surface area contributed by atoms with Crippen molar-refractivity contribution in [3.63, 3.8) is 0 Å². The second-order valence-corrected chi connectivity index (χ2v) is 3.00. The maximum Gasteiger partial charge on any atom is 0.239 e. The average molecular weight is 197 g/mol. The Labute approximate surface area is 81.1 Å². The van der Waals surface area contributed by atoms with Crippen molar-refractivity contribution in [2.45, 2.75) is 13.0 Å². The molecular formula is C9H12FN3O. The number of amides is 1. The number of halogens is 1. The SMILES string of the molecule is CC(Nc1cc(F)ccc1N)C(N)=O. The van der Waals surface area contributed by atoms with Gasteiger partial charge in [0.15, 0.2) is 0 Å². The lowest BCUT2D eigenvalue weighted by Gasteiger charge is -2.13. The fraction of sp³-hybridized carbons (Fsp3) is 0.222. The number of hydrogen-bond acceptors (Lipinski definition) is 3. The predicted octanol–water partition coefficient (Wildman–Crippen LogP) is 0.694. The van der Waals surface area contributed by atoms with Crippen LogP contribution in [0.3, 0.4) is 0 Å². The molecule has 0 aliphatic rings. The maximum absolute atomic E-state index is 12.8. The van der Waals surface area contributed by atoms with E-state index in [4.69, 9.17) is 11.5 Å². The first-order chi connectivity index (χ1) is 6.50. The fourth-order valence-corrected chi connectivity index (χ4v) is 0.958. The molecule has 0 fully saturated rings. The van der Waals surface area contributed by atoms with Crippen molar-refractivity contribution >= 4 is 17.3 Å². The van der Waals surface area contributed by atoms with Crippen LogP contribution in [0.4, 0.5) is 15.8 Å². The van der Waals surface area contributed by atoms with Crippen LogP contribution in [0, 0.1) is 5.82 Å². The van der Waals surface area contributed by atoms with Crippen LogP contribution in [0.15, 0.2) is 18.2 Å². The van der Waals surface area contributed by atoms with Gasteiger partial charge in [0, 0.05) is 0 Å². The Bertz CT molecular complexity index is 354. The number of rotatable bonds is 3. The Morgan fingerprint density at radius 2 is 2.21 bits per heavy atom. The van der Waals surface area contributed by atoms with Gasteiger partial charge >= 0.3 is 0 Å². The van der Waals surface area contributed by atoms with Gasteiger partial charge in [-0.15, -0.1) is 0 Å². The summed E-state index contributed by atoms with van der Waals surface area (Å²) in [6.07, 6.45) is 0. The van der Waals surface area contributed by atoms with Crippen LogP contribution >= 0.6 is 0 Å². The van der Waals surface area contributed by atoms with E-state index in [9.17, 15) is 9.18 Å². The molecule has 0 saturated heterocycles. The summed E-state index contributed by atoms with van der Waals surface area (Å²) in [6, 6.07) is 3.30. The molecule has 0 bridgehead atoms. The molecule has 1 rings (SSSR count). The molecule has 0 saturated carbocycles. The van der Waals surface area contributed by atoms with Gasteiger partial charge in [0.1, 0.15) is 11.9 Å². The van der Waals surface area contributed by atoms with Crippen LogP contribution in [0.2, 0.25) is 0 Å². The third-order valence-corrected chi connectivity index (χ3v) is 1.81. The third-order valence-electron chi connectivity index (χ3n) is 1.81. The summed E-state index contributed by atoms with van der Waals surface area (Å²) < 4.78 is 12.8. The molecule has 5 heteroatoms. The molecule has 1 atom stereocenters. The highest BCUT2D eigenvalue weighted by Crippen LogP contribution is 2.19. The molecule has 1 aromatic rings. The zero-order chi connectivity index (χ0) is 10.7. The second-order valence-electron chi connectivity index (χ2n) is 3.00. The molecule has 14 heavy (non-hydrogen) atoms. The van der Waals surface area contributed by atoms with Gasteiger partial charge in [0.05, 0.1) is 11.4 Å². The van der Waals surface area contributed by atoms with Crippen LogP contribution in [-0.4, -0.2) is 11.9 Å². The lowest BCUT2D eigenvalue weighted by Crippen LogP contribution is -2.32. The number of anilines is 2. The highest BCUT2D eigenvalue weighted by atomic mass is 19.1. The summed E-state index contributed by atoms with van der Waals surface area (Å²) >= 11 is 0. The number of hydrogen-bond donors (Lipinski definition) is 3. The zero-order valence-electron chi connectivity index (χ0n) is 7.75. The van der Waals surface area contributed by atoms with Gasteiger partial charge in [-0.3, -0.25) is 4.79 Å². The quantitative estimate of drug-likeness (QED) is 0.624. The zero-order valence-corrected chi connectivity index (χ0v) is 7.75. The smallest absolute Gasteiger partial charge is 0.239 e. The number of nitrogens with one attached hydrogen (secondary N) is 1. The minimum Gasteiger partial charge on any atom is -0.397 e. The highest BCUT2D eigenvalue weighted by Gasteiger charge is 2.09. The minimum absolute atomic E-state index is 0.372. The van der Waals surface area contributed by atoms with Crippen molar-refractivity contribution in [3.05, 3.63) is 24.0 Å². The fourth-order valence-electron chi connectivity index (χ4n) is 0.958. The van der Waals surface area contributed by atoms with E-state index in [-0.39, 0.29) is 0 Å². The van der Waals surface area contributed by atoms with Crippen molar-refractivity contribution in [3.8, 4) is 0 Å². The molecule has 1 amide bonds. The van der Waals surface area contributed by atoms with E-state index in [0.717, 1.165) is 0 Å². The molecule has 5 N–H and O–H groups in total. The van der Waals surface area contributed by atoms with Crippen molar-refractivity contribution in [2.75, 3.05) is 11.1 Å². The molecule has 1 unspecified atom stereocenters. The number of carbonyl (C=O) groups excluding carboxylic acids is 1. The Hall–Kier alpha value is -1.78. The van der Waals surface area contributed by atoms with E-state index in [1.165, 1.54) is 18.2 Å². The van der Waals surface area contributed by atoms with Crippen molar-refractivity contribution in [1.29, 1.82) is 0 Å². The van der Waals surface area contributed by atoms with E-state index in [1.54, 1.807) is 6.92 Å². The molecule has 1 aromatic carbocycles. The van der Waals surface area contributed by atoms with Crippen molar-refractivity contribution in [2.24, 2.45) is 5.73 Å². The first kappa shape index (κ1) is 10.3. The third kappa shape index (κ3) is 2.35. The Morgan fingerprint density at radius 1 is 1.57 bits per heavy atom. The van der Waals surface area contributed by atoms with Gasteiger partial charge in [-0.1, -0.05) is 0 Å². The van der Waals surface area contributed by atoms with E-state index in [1.807, 2.05) is 0 Å². The summed E-state index contributed by atoms with van der Waals surface area (Å²) in [5.41, 5.74) is 11.3. The van der Waals surface area contributed by atoms with E-state index in [0.29, 0.717) is 11.4 Å². The number of nitrogens with two attached hydrogens (primary N) is 2. The molecule has 0 aliphatic carbocycles. The summed E-state index contributed by atoms with van der Waals surface area (Å²) in [7, 11) is 0. The first-order valence-corrected chi connectivity index (χ1v) is 4.11. The largest absolute Gasteiger partial charge is 0.397 e. The number of nitrogen functional groups attached to an aromatic ring is 1. The van der Waals surface area contributed by atoms with E-state index >= 15 is 0 Å². The molecule has 0 heterocycles. The van der Waals surface area contributed by atoms with Gasteiger partial charge in [0.25, 0.3) is 0 Å². The van der Waals surface area contributed by atoms with Crippen LogP contribution < -0.4 is 16.8 Å². The monoisotopic (exact) mass is 197 g/mol. The van der Waals surface area contributed by atoms with Gasteiger partial charge in [0.2, 0.25) is 5.91 Å². The number of benzene rings is 1. The van der Waals surface area contributed by atoms with Gasteiger partial charge in [-0.05, 0) is 25.1 Å². The molecule has 0 aromatic heterocycles. The highest BCUT2D eigenvalue weighted by molar-refractivity contribution is 5.83. The van der Waals surface area contributed by atoms with Gasteiger partial charge < -0.3 is 16.8 Å². The summed E-state index contributed by atoms with van der Waals surface area (Å²) in [5.74, 6) is -0.938. The number of carbonyl (C=O) groups is 1. The second kappa shape index (κ2) is 3.95. The molecule has 4 nitrogen and oxygen atoms in total. The van der Waals surface area contributed by atoms with E-state index < -0.39 is 17.8 Å². The Kier molecular flexibility index (Phi) is 2.91. The first-order valence-electron chi connectivity index (χ1n) is 4.11. The molecule has 0 spiro atoms. The lowest BCUT2D eigenvalue weighted by molar-refractivity contribution is -0.118. The molecular weight excluding hydrogens is 185 g/mol. The lowest BCUT2D eigenvalue weighted by atomic mass is 10.2. The van der Waals surface area contributed by atoms with Crippen LogP contribution in [0.5, 0.6) is 0 Å². The maximum atomic E-state index is 12.8. The molecule has 0 radical (unpaired) electrons. The molecule has 0 aliphatic heterocycles. The normalized spacial score (nSPS) is 12.1. The summed E-state index contributed by atoms with van der Waals surface area (Å²) in [4.78, 5) is 10.7. The predicted molar refractivity (Wildman–Crippen MR) is 53.1 cm³/mol. The van der Waals surface area contributed by atoms with Crippen LogP contribution in [-0.2, 0) is 4.79 Å². The summed E-state index contributed by atoms with van der Waals surface area (Å²) in [6.45, 7) is 1.58. The van der Waals surface area contributed by atoms with E-state index in [2.05, 4.69) is 5.32 Å². The minimum atomic E-state index is -0.584. The Balaban J connectivity index is 2.85. The van der Waals surface area contributed by atoms with Crippen LogP contribution in [0.1, 0.15) is 6.92 Å². The van der Waals surface area contributed by atoms with Crippen molar-refractivity contribution < 1.29 is 9.18 Å². The standard InChI is InChI=1S/C9H12FN3O/c1-5(9(12)14)13-8-4-6(10)2-3-7(8)11/h2-5,13H,11H2,1H3,(H2,12,14). The Morgan fingerprint density at radius 3 is 2.79 bits per heavy atom. The van der Waals surface area contributed by atoms with Gasteiger partial charge in [-0.25, -0.2) is 4.39 Å². The molecule has 76 valence electrons. The topological polar surface area (TPSA) is 81.1 Å². The average Bonchev–Trinajstić information content (AvgIpc) is 2.11. The van der Waals surface area contributed by atoms with Crippen LogP contribution in [0.25, 0.3) is 0 Å².